The van der Waals surface area contributed by atoms with E-state index in [0.717, 1.165) is 20.3 Å². The van der Waals surface area contributed by atoms with Crippen LogP contribution in [0.2, 0.25) is 0 Å². The van der Waals surface area contributed by atoms with Gasteiger partial charge in [0.2, 0.25) is 11.8 Å². The van der Waals surface area contributed by atoms with Crippen LogP contribution in [0, 0.1) is 3.57 Å². The van der Waals surface area contributed by atoms with Crippen LogP contribution in [0.1, 0.15) is 16.7 Å². The number of primary amides is 1. The largest absolute Gasteiger partial charge is 0.445 e. The highest BCUT2D eigenvalue weighted by Crippen LogP contribution is 2.14. The lowest BCUT2D eigenvalue weighted by atomic mass is 10.0. The lowest BCUT2D eigenvalue weighted by molar-refractivity contribution is -0.128. The normalized spacial score (nSPS) is 12.3. The van der Waals surface area contributed by atoms with Gasteiger partial charge in [-0.05, 0) is 45.3 Å². The smallest absolute Gasteiger partial charge is 0.408 e. The van der Waals surface area contributed by atoms with Gasteiger partial charge in [0.1, 0.15) is 18.7 Å². The number of benzene rings is 3. The van der Waals surface area contributed by atoms with E-state index in [2.05, 4.69) is 33.2 Å². The van der Waals surface area contributed by atoms with Gasteiger partial charge in [-0.25, -0.2) is 4.79 Å². The summed E-state index contributed by atoms with van der Waals surface area (Å²) in [4.78, 5) is 37.7. The van der Waals surface area contributed by atoms with E-state index in [4.69, 9.17) is 10.5 Å². The van der Waals surface area contributed by atoms with Crippen LogP contribution in [-0.4, -0.2) is 30.0 Å². The number of carbonyl (C=O) groups is 3. The van der Waals surface area contributed by atoms with Crippen LogP contribution >= 0.6 is 22.6 Å². The number of carbonyl (C=O) groups excluding carboxylic acids is 3. The van der Waals surface area contributed by atoms with Crippen molar-refractivity contribution in [2.75, 3.05) is 0 Å². The van der Waals surface area contributed by atoms with E-state index in [1.54, 1.807) is 0 Å². The molecule has 4 N–H and O–H groups in total. The number of nitrogens with two attached hydrogens (primary N) is 1. The Balaban J connectivity index is 1.70. The molecule has 0 saturated carbocycles. The molecule has 0 saturated heterocycles. The number of hydrogen-bond acceptors (Lipinski definition) is 4. The van der Waals surface area contributed by atoms with E-state index < -0.39 is 30.0 Å². The first-order valence-electron chi connectivity index (χ1n) is 10.8. The van der Waals surface area contributed by atoms with Gasteiger partial charge in [-0.15, -0.1) is 0 Å². The second kappa shape index (κ2) is 12.7. The highest BCUT2D eigenvalue weighted by atomic mass is 127. The molecule has 0 unspecified atom stereocenters. The van der Waals surface area contributed by atoms with Gasteiger partial charge in [-0.2, -0.15) is 0 Å². The highest BCUT2D eigenvalue weighted by Gasteiger charge is 2.27. The molecule has 0 radical (unpaired) electrons. The number of rotatable bonds is 10. The summed E-state index contributed by atoms with van der Waals surface area (Å²) in [6.07, 6.45) is -0.258. The van der Waals surface area contributed by atoms with Gasteiger partial charge in [0, 0.05) is 16.4 Å². The van der Waals surface area contributed by atoms with E-state index >= 15 is 0 Å². The molecule has 0 fully saturated rings. The van der Waals surface area contributed by atoms with E-state index in [0.29, 0.717) is 0 Å². The van der Waals surface area contributed by atoms with E-state index in [1.165, 1.54) is 0 Å². The van der Waals surface area contributed by atoms with Gasteiger partial charge >= 0.3 is 6.09 Å². The Morgan fingerprint density at radius 2 is 1.35 bits per heavy atom. The molecular weight excluding hydrogens is 545 g/mol. The Kier molecular flexibility index (Phi) is 9.45. The second-order valence-corrected chi connectivity index (χ2v) is 8.87. The van der Waals surface area contributed by atoms with Gasteiger partial charge in [-0.3, -0.25) is 9.59 Å². The molecule has 2 atom stereocenters. The van der Waals surface area contributed by atoms with Gasteiger partial charge in [0.25, 0.3) is 0 Å². The quantitative estimate of drug-likeness (QED) is 0.325. The van der Waals surface area contributed by atoms with Crippen LogP contribution in [-0.2, 0) is 33.8 Å². The molecule has 3 aromatic rings. The van der Waals surface area contributed by atoms with Crippen molar-refractivity contribution in [1.29, 1.82) is 0 Å². The lowest BCUT2D eigenvalue weighted by Gasteiger charge is -2.22. The molecule has 0 heterocycles. The third-order valence-electron chi connectivity index (χ3n) is 5.15. The minimum atomic E-state index is -0.956. The second-order valence-electron chi connectivity index (χ2n) is 7.71. The number of alkyl carbamates (subject to hydrolysis) is 1. The monoisotopic (exact) mass is 571 g/mol. The third kappa shape index (κ3) is 7.87. The van der Waals surface area contributed by atoms with Crippen LogP contribution in [0.4, 0.5) is 4.79 Å². The van der Waals surface area contributed by atoms with Crippen LogP contribution in [0.5, 0.6) is 0 Å². The summed E-state index contributed by atoms with van der Waals surface area (Å²) < 4.78 is 6.25. The first-order chi connectivity index (χ1) is 16.4. The van der Waals surface area contributed by atoms with Gasteiger partial charge < -0.3 is 21.1 Å². The summed E-state index contributed by atoms with van der Waals surface area (Å²) in [6, 6.07) is 24.2. The van der Waals surface area contributed by atoms with Crippen LogP contribution in [0.25, 0.3) is 0 Å². The van der Waals surface area contributed by atoms with Crippen molar-refractivity contribution in [2.45, 2.75) is 31.5 Å². The van der Waals surface area contributed by atoms with Crippen molar-refractivity contribution >= 4 is 40.5 Å². The molecule has 0 bridgehead atoms. The molecule has 3 aromatic carbocycles. The topological polar surface area (TPSA) is 111 Å². The highest BCUT2D eigenvalue weighted by molar-refractivity contribution is 14.1. The summed E-state index contributed by atoms with van der Waals surface area (Å²) in [7, 11) is 0. The Bertz CT molecular complexity index is 1110. The minimum absolute atomic E-state index is 0.0721. The number of nitrogens with one attached hydrogen (secondary N) is 2. The van der Waals surface area contributed by atoms with E-state index in [1.807, 2.05) is 84.9 Å². The average Bonchev–Trinajstić information content (AvgIpc) is 2.84. The summed E-state index contributed by atoms with van der Waals surface area (Å²) in [6.45, 7) is 0.0721. The van der Waals surface area contributed by atoms with Crippen molar-refractivity contribution < 1.29 is 19.1 Å². The molecule has 3 amide bonds. The van der Waals surface area contributed by atoms with E-state index in [-0.39, 0.29) is 19.4 Å². The Morgan fingerprint density at radius 3 is 1.97 bits per heavy atom. The van der Waals surface area contributed by atoms with Crippen LogP contribution in [0.3, 0.4) is 0 Å². The maximum atomic E-state index is 13.2. The maximum Gasteiger partial charge on any atom is 0.408 e. The zero-order chi connectivity index (χ0) is 24.3. The van der Waals surface area contributed by atoms with Crippen molar-refractivity contribution in [1.82, 2.24) is 10.6 Å². The Hall–Kier alpha value is -3.40. The number of ether oxygens (including phenoxy) is 1. The van der Waals surface area contributed by atoms with Crippen molar-refractivity contribution in [3.05, 3.63) is 105 Å². The fourth-order valence-electron chi connectivity index (χ4n) is 3.35. The molecule has 0 aliphatic carbocycles. The minimum Gasteiger partial charge on any atom is -0.445 e. The molecule has 176 valence electrons. The predicted octanol–water partition coefficient (Wildman–Crippen LogP) is 3.34. The summed E-state index contributed by atoms with van der Waals surface area (Å²) >= 11 is 2.17. The summed E-state index contributed by atoms with van der Waals surface area (Å²) in [5.74, 6) is -1.17. The SMILES string of the molecule is NC(=O)[C@@H](Cc1ccccc1I)NC(=O)[C@H](Cc1ccccc1)NC(=O)OCc1ccccc1. The first kappa shape index (κ1) is 25.2. The van der Waals surface area contributed by atoms with Gasteiger partial charge in [0.15, 0.2) is 0 Å². The molecule has 0 spiro atoms. The lowest BCUT2D eigenvalue weighted by Crippen LogP contribution is -2.54. The molecule has 3 rings (SSSR count). The van der Waals surface area contributed by atoms with Crippen molar-refractivity contribution in [3.63, 3.8) is 0 Å². The van der Waals surface area contributed by atoms with Crippen LogP contribution in [0.15, 0.2) is 84.9 Å². The van der Waals surface area contributed by atoms with Crippen molar-refractivity contribution in [3.8, 4) is 0 Å². The van der Waals surface area contributed by atoms with Crippen molar-refractivity contribution in [2.24, 2.45) is 5.73 Å². The molecule has 0 aliphatic heterocycles. The third-order valence-corrected chi connectivity index (χ3v) is 6.20. The zero-order valence-corrected chi connectivity index (χ0v) is 20.6. The standard InChI is InChI=1S/C26H26IN3O4/c27-21-14-8-7-13-20(21)16-22(24(28)31)29-25(32)23(15-18-9-3-1-4-10-18)30-26(33)34-17-19-11-5-2-6-12-19/h1-14,22-23H,15-17H2,(H2,28,31)(H,29,32)(H,30,33)/t22-,23+/m1/s1. The molecule has 8 heteroatoms. The number of hydrogen-bond donors (Lipinski definition) is 3. The molecule has 0 aliphatic rings. The fraction of sp³-hybridized carbons (Fsp3) is 0.192. The fourth-order valence-corrected chi connectivity index (χ4v) is 3.95. The molecular formula is C26H26IN3O4. The Labute approximate surface area is 212 Å². The summed E-state index contributed by atoms with van der Waals surface area (Å²) in [5, 5.41) is 5.33. The van der Waals surface area contributed by atoms with Gasteiger partial charge in [0.05, 0.1) is 0 Å². The van der Waals surface area contributed by atoms with E-state index in [9.17, 15) is 14.4 Å². The maximum absolute atomic E-state index is 13.2. The predicted molar refractivity (Wildman–Crippen MR) is 138 cm³/mol. The zero-order valence-electron chi connectivity index (χ0n) is 18.4. The van der Waals surface area contributed by atoms with Crippen LogP contribution < -0.4 is 16.4 Å². The average molecular weight is 571 g/mol. The Morgan fingerprint density at radius 1 is 0.765 bits per heavy atom. The molecule has 0 aromatic heterocycles. The molecule has 34 heavy (non-hydrogen) atoms. The van der Waals surface area contributed by atoms with Gasteiger partial charge in [-0.1, -0.05) is 78.9 Å². The number of halogens is 1. The first-order valence-corrected chi connectivity index (χ1v) is 11.8. The number of amides is 3. The molecule has 7 nitrogen and oxygen atoms in total. The summed E-state index contributed by atoms with van der Waals surface area (Å²) in [5.41, 5.74) is 8.14.